The Hall–Kier alpha value is -3.28. The third-order valence-corrected chi connectivity index (χ3v) is 3.54. The maximum atomic E-state index is 12.3. The van der Waals surface area contributed by atoms with Gasteiger partial charge in [-0.15, -0.1) is 0 Å². The summed E-state index contributed by atoms with van der Waals surface area (Å²) in [6.45, 7) is 0. The van der Waals surface area contributed by atoms with Crippen molar-refractivity contribution in [2.24, 2.45) is 0 Å². The lowest BCUT2D eigenvalue weighted by Gasteiger charge is -2.06. The van der Waals surface area contributed by atoms with Crippen molar-refractivity contribution in [2.45, 2.75) is 6.42 Å². The van der Waals surface area contributed by atoms with Crippen LogP contribution in [0, 0.1) is 0 Å². The number of benzene rings is 2. The van der Waals surface area contributed by atoms with Crippen molar-refractivity contribution >= 4 is 28.5 Å². The number of nitrogens with one attached hydrogen (secondary N) is 2. The molecule has 3 aromatic rings. The summed E-state index contributed by atoms with van der Waals surface area (Å²) in [6.07, 6.45) is 1.76. The molecule has 120 valence electrons. The molecule has 6 nitrogen and oxygen atoms in total. The van der Waals surface area contributed by atoms with E-state index < -0.39 is 0 Å². The number of fused-ring (bicyclic) bond motifs is 1. The van der Waals surface area contributed by atoms with Gasteiger partial charge in [0.25, 0.3) is 5.91 Å². The summed E-state index contributed by atoms with van der Waals surface area (Å²) in [6, 6.07) is 14.5. The molecular formula is C18H16N4O2. The zero-order valence-corrected chi connectivity index (χ0v) is 13.1. The van der Waals surface area contributed by atoms with Gasteiger partial charge in [0.1, 0.15) is 5.69 Å². The third-order valence-electron chi connectivity index (χ3n) is 3.54. The Morgan fingerprint density at radius 1 is 1.00 bits per heavy atom. The molecule has 3 rings (SSSR count). The van der Waals surface area contributed by atoms with Gasteiger partial charge in [-0.3, -0.25) is 14.6 Å². The number of rotatable bonds is 4. The minimum atomic E-state index is -0.327. The highest BCUT2D eigenvalue weighted by Crippen LogP contribution is 2.13. The van der Waals surface area contributed by atoms with Crippen molar-refractivity contribution in [3.8, 4) is 0 Å². The summed E-state index contributed by atoms with van der Waals surface area (Å²) in [7, 11) is 1.60. The molecule has 2 aromatic carbocycles. The highest BCUT2D eigenvalue weighted by molar-refractivity contribution is 6.03. The Morgan fingerprint density at radius 3 is 2.42 bits per heavy atom. The van der Waals surface area contributed by atoms with Crippen LogP contribution in [-0.4, -0.2) is 28.8 Å². The summed E-state index contributed by atoms with van der Waals surface area (Å²) < 4.78 is 0. The van der Waals surface area contributed by atoms with Crippen LogP contribution in [0.15, 0.2) is 54.7 Å². The molecular weight excluding hydrogens is 304 g/mol. The van der Waals surface area contributed by atoms with Crippen LogP contribution >= 0.6 is 0 Å². The van der Waals surface area contributed by atoms with Crippen molar-refractivity contribution in [2.75, 3.05) is 12.4 Å². The first-order valence-electron chi connectivity index (χ1n) is 7.48. The molecule has 0 fully saturated rings. The first-order chi connectivity index (χ1) is 11.7. The molecule has 0 spiro atoms. The Morgan fingerprint density at radius 2 is 1.71 bits per heavy atom. The topological polar surface area (TPSA) is 84.0 Å². The van der Waals surface area contributed by atoms with E-state index >= 15 is 0 Å². The number of hydrogen-bond donors (Lipinski definition) is 2. The van der Waals surface area contributed by atoms with Gasteiger partial charge in [0, 0.05) is 12.7 Å². The van der Waals surface area contributed by atoms with Crippen LogP contribution in [0.3, 0.4) is 0 Å². The molecule has 0 aliphatic heterocycles. The van der Waals surface area contributed by atoms with E-state index in [1.165, 1.54) is 6.20 Å². The predicted molar refractivity (Wildman–Crippen MR) is 91.7 cm³/mol. The molecule has 24 heavy (non-hydrogen) atoms. The van der Waals surface area contributed by atoms with E-state index in [1.54, 1.807) is 31.3 Å². The van der Waals surface area contributed by atoms with Crippen molar-refractivity contribution in [3.63, 3.8) is 0 Å². The Kier molecular flexibility index (Phi) is 4.47. The normalized spacial score (nSPS) is 10.4. The lowest BCUT2D eigenvalue weighted by Crippen LogP contribution is -2.19. The fourth-order valence-corrected chi connectivity index (χ4v) is 2.24. The van der Waals surface area contributed by atoms with Crippen molar-refractivity contribution < 1.29 is 9.59 Å². The molecule has 0 radical (unpaired) electrons. The Labute approximate surface area is 138 Å². The highest BCUT2D eigenvalue weighted by atomic mass is 16.2. The van der Waals surface area contributed by atoms with Gasteiger partial charge in [-0.05, 0) is 29.8 Å². The van der Waals surface area contributed by atoms with Crippen molar-refractivity contribution in [1.82, 2.24) is 15.3 Å². The van der Waals surface area contributed by atoms with Gasteiger partial charge in [-0.25, -0.2) is 4.98 Å². The van der Waals surface area contributed by atoms with Crippen molar-refractivity contribution in [3.05, 3.63) is 66.0 Å². The van der Waals surface area contributed by atoms with E-state index in [0.29, 0.717) is 17.6 Å². The summed E-state index contributed by atoms with van der Waals surface area (Å²) >= 11 is 0. The number of anilines is 1. The SMILES string of the molecule is CNC(=O)Cc1ccc(NC(=O)c2cnc3ccccc3n2)cc1. The van der Waals surface area contributed by atoms with Crippen LogP contribution in [0.1, 0.15) is 16.1 Å². The quantitative estimate of drug-likeness (QED) is 0.771. The molecule has 2 N–H and O–H groups in total. The Balaban J connectivity index is 1.72. The standard InChI is InChI=1S/C18H16N4O2/c1-19-17(23)10-12-6-8-13(9-7-12)21-18(24)16-11-20-14-4-2-3-5-15(14)22-16/h2-9,11H,10H2,1H3,(H,19,23)(H,21,24). The van der Waals surface area contributed by atoms with Gasteiger partial charge >= 0.3 is 0 Å². The number of carbonyl (C=O) groups is 2. The largest absolute Gasteiger partial charge is 0.359 e. The minimum absolute atomic E-state index is 0.0572. The van der Waals surface area contributed by atoms with Gasteiger partial charge in [-0.1, -0.05) is 24.3 Å². The van der Waals surface area contributed by atoms with Gasteiger partial charge < -0.3 is 10.6 Å². The number of aromatic nitrogens is 2. The molecule has 1 aromatic heterocycles. The number of carbonyl (C=O) groups excluding carboxylic acids is 2. The lowest BCUT2D eigenvalue weighted by molar-refractivity contribution is -0.119. The smallest absolute Gasteiger partial charge is 0.275 e. The van der Waals surface area contributed by atoms with Crippen LogP contribution in [-0.2, 0) is 11.2 Å². The number of likely N-dealkylation sites (N-methyl/N-ethyl adjacent to an activating group) is 1. The summed E-state index contributed by atoms with van der Waals surface area (Å²) in [5.74, 6) is -0.384. The predicted octanol–water partition coefficient (Wildman–Crippen LogP) is 2.17. The van der Waals surface area contributed by atoms with Crippen LogP contribution in [0.2, 0.25) is 0 Å². The zero-order chi connectivity index (χ0) is 16.9. The summed E-state index contributed by atoms with van der Waals surface area (Å²) in [5, 5.41) is 5.35. The highest BCUT2D eigenvalue weighted by Gasteiger charge is 2.10. The average molecular weight is 320 g/mol. The molecule has 0 saturated heterocycles. The number of para-hydroxylation sites is 2. The van der Waals surface area contributed by atoms with Gasteiger partial charge in [0.15, 0.2) is 0 Å². The molecule has 0 saturated carbocycles. The van der Waals surface area contributed by atoms with E-state index in [0.717, 1.165) is 11.1 Å². The van der Waals surface area contributed by atoms with Gasteiger partial charge in [0.2, 0.25) is 5.91 Å². The molecule has 2 amide bonds. The Bertz CT molecular complexity index is 891. The van der Waals surface area contributed by atoms with E-state index in [4.69, 9.17) is 0 Å². The van der Waals surface area contributed by atoms with E-state index in [2.05, 4.69) is 20.6 Å². The molecule has 1 heterocycles. The number of nitrogens with zero attached hydrogens (tertiary/aromatic N) is 2. The maximum absolute atomic E-state index is 12.3. The maximum Gasteiger partial charge on any atom is 0.275 e. The zero-order valence-electron chi connectivity index (χ0n) is 13.1. The van der Waals surface area contributed by atoms with Crippen LogP contribution in [0.25, 0.3) is 11.0 Å². The fraction of sp³-hybridized carbons (Fsp3) is 0.111. The number of amides is 2. The van der Waals surface area contributed by atoms with E-state index in [-0.39, 0.29) is 17.5 Å². The molecule has 0 unspecified atom stereocenters. The second kappa shape index (κ2) is 6.87. The molecule has 0 atom stereocenters. The van der Waals surface area contributed by atoms with E-state index in [1.807, 2.05) is 24.3 Å². The first-order valence-corrected chi connectivity index (χ1v) is 7.48. The molecule has 6 heteroatoms. The number of hydrogen-bond acceptors (Lipinski definition) is 4. The minimum Gasteiger partial charge on any atom is -0.359 e. The van der Waals surface area contributed by atoms with Crippen molar-refractivity contribution in [1.29, 1.82) is 0 Å². The lowest BCUT2D eigenvalue weighted by atomic mass is 10.1. The van der Waals surface area contributed by atoms with Gasteiger partial charge in [-0.2, -0.15) is 0 Å². The fourth-order valence-electron chi connectivity index (χ4n) is 2.24. The van der Waals surface area contributed by atoms with Crippen LogP contribution in [0.4, 0.5) is 5.69 Å². The second-order valence-corrected chi connectivity index (χ2v) is 5.24. The third kappa shape index (κ3) is 3.55. The summed E-state index contributed by atoms with van der Waals surface area (Å²) in [4.78, 5) is 32.2. The van der Waals surface area contributed by atoms with Gasteiger partial charge in [0.05, 0.1) is 23.7 Å². The van der Waals surface area contributed by atoms with Crippen LogP contribution < -0.4 is 10.6 Å². The average Bonchev–Trinajstić information content (AvgIpc) is 2.62. The molecule has 0 aliphatic rings. The van der Waals surface area contributed by atoms with E-state index in [9.17, 15) is 9.59 Å². The van der Waals surface area contributed by atoms with Crippen LogP contribution in [0.5, 0.6) is 0 Å². The second-order valence-electron chi connectivity index (χ2n) is 5.24. The summed E-state index contributed by atoms with van der Waals surface area (Å²) in [5.41, 5.74) is 3.18. The molecule has 0 aliphatic carbocycles. The first kappa shape index (κ1) is 15.6. The molecule has 0 bridgehead atoms. The monoisotopic (exact) mass is 320 g/mol.